The molecule has 278 valence electrons. The average Bonchev–Trinajstić information content (AvgIpc) is 2.85. The van der Waals surface area contributed by atoms with E-state index >= 15 is 4.39 Å². The van der Waals surface area contributed by atoms with Crippen LogP contribution in [-0.2, 0) is 9.53 Å². The summed E-state index contributed by atoms with van der Waals surface area (Å²) in [7, 11) is 0. The van der Waals surface area contributed by atoms with Crippen LogP contribution in [0.25, 0.3) is 0 Å². The Labute approximate surface area is 237 Å². The van der Waals surface area contributed by atoms with Crippen LogP contribution >= 0.6 is 0 Å². The molecule has 1 aliphatic rings. The number of halogens is 27. The normalized spacial score (nSPS) is 26.3. The van der Waals surface area contributed by atoms with Crippen LogP contribution in [0.3, 0.4) is 0 Å². The van der Waals surface area contributed by atoms with E-state index < -0.39 is 94.4 Å². The van der Waals surface area contributed by atoms with E-state index in [2.05, 4.69) is 11.3 Å². The fourth-order valence-corrected chi connectivity index (χ4v) is 3.27. The molecule has 0 saturated heterocycles. The number of esters is 1. The number of hydrogen-bond donors (Lipinski definition) is 0. The molecule has 0 atom stereocenters. The molecule has 0 bridgehead atoms. The van der Waals surface area contributed by atoms with Crippen LogP contribution in [0.1, 0.15) is 6.92 Å². The maximum absolute atomic E-state index is 15.0. The summed E-state index contributed by atoms with van der Waals surface area (Å²) < 4.78 is 379. The number of hydrogen-bond acceptors (Lipinski definition) is 2. The molecule has 0 spiro atoms. The third-order valence-electron chi connectivity index (χ3n) is 6.18. The van der Waals surface area contributed by atoms with E-state index in [1.54, 1.807) is 0 Å². The van der Waals surface area contributed by atoms with Gasteiger partial charge in [0.2, 0.25) is 0 Å². The molecule has 0 aromatic rings. The van der Waals surface area contributed by atoms with Crippen molar-refractivity contribution in [1.82, 2.24) is 0 Å². The molecule has 0 N–H and O–H groups in total. The van der Waals surface area contributed by atoms with Gasteiger partial charge in [0.15, 0.2) is 0 Å². The van der Waals surface area contributed by atoms with Crippen LogP contribution in [0, 0.1) is 0 Å². The summed E-state index contributed by atoms with van der Waals surface area (Å²) in [6.45, 7) is 2.39. The maximum atomic E-state index is 15.0. The Balaban J connectivity index is 4.58. The predicted octanol–water partition coefficient (Wildman–Crippen LogP) is 9.04. The third kappa shape index (κ3) is 4.22. The molecule has 47 heavy (non-hydrogen) atoms. The summed E-state index contributed by atoms with van der Waals surface area (Å²) in [5, 5.41) is 0. The van der Waals surface area contributed by atoms with Gasteiger partial charge in [-0.2, -0.15) is 114 Å². The van der Waals surface area contributed by atoms with E-state index in [-0.39, 0.29) is 6.92 Å². The monoisotopic (exact) mass is 766 g/mol. The predicted molar refractivity (Wildman–Crippen MR) is 89.1 cm³/mol. The van der Waals surface area contributed by atoms with E-state index in [1.165, 1.54) is 0 Å². The molecule has 1 saturated carbocycles. The Morgan fingerprint density at radius 1 is 0.447 bits per heavy atom. The van der Waals surface area contributed by atoms with Crippen LogP contribution in [0.5, 0.6) is 0 Å². The smallest absolute Gasteiger partial charge is 0.393 e. The van der Waals surface area contributed by atoms with Gasteiger partial charge >= 0.3 is 88.8 Å². The molecule has 0 aromatic heterocycles. The van der Waals surface area contributed by atoms with E-state index in [0.29, 0.717) is 0 Å². The van der Waals surface area contributed by atoms with Gasteiger partial charge in [-0.1, -0.05) is 6.58 Å². The van der Waals surface area contributed by atoms with Crippen molar-refractivity contribution in [2.24, 2.45) is 0 Å². The zero-order valence-corrected chi connectivity index (χ0v) is 20.7. The molecule has 0 unspecified atom stereocenters. The summed E-state index contributed by atoms with van der Waals surface area (Å²) in [6, 6.07) is 0. The molecule has 0 heterocycles. The lowest BCUT2D eigenvalue weighted by atomic mass is 9.73. The van der Waals surface area contributed by atoms with Crippen molar-refractivity contribution in [3.05, 3.63) is 12.2 Å². The van der Waals surface area contributed by atoms with Crippen LogP contribution in [-0.4, -0.2) is 88.8 Å². The van der Waals surface area contributed by atoms with Gasteiger partial charge in [0.1, 0.15) is 0 Å². The second-order valence-electron chi connectivity index (χ2n) is 9.24. The van der Waals surface area contributed by atoms with Crippen LogP contribution < -0.4 is 0 Å². The first kappa shape index (κ1) is 42.3. The molecule has 0 aromatic carbocycles. The van der Waals surface area contributed by atoms with Crippen LogP contribution in [0.4, 0.5) is 119 Å². The van der Waals surface area contributed by atoms with Gasteiger partial charge in [-0.3, -0.25) is 0 Å². The van der Waals surface area contributed by atoms with Crippen LogP contribution in [0.2, 0.25) is 0 Å². The van der Waals surface area contributed by atoms with Crippen molar-refractivity contribution in [1.29, 1.82) is 0 Å². The van der Waals surface area contributed by atoms with Crippen molar-refractivity contribution in [2.75, 3.05) is 0 Å². The van der Waals surface area contributed by atoms with Crippen molar-refractivity contribution in [3.8, 4) is 0 Å². The minimum atomic E-state index is -10.6. The van der Waals surface area contributed by atoms with E-state index in [4.69, 9.17) is 0 Å². The number of ether oxygens (including phenoxy) is 1. The highest BCUT2D eigenvalue weighted by Gasteiger charge is 3.08. The van der Waals surface area contributed by atoms with Crippen molar-refractivity contribution in [2.45, 2.75) is 89.8 Å². The molecular formula is C18H5F27O2. The quantitative estimate of drug-likeness (QED) is 0.147. The Morgan fingerprint density at radius 3 is 0.915 bits per heavy atom. The van der Waals surface area contributed by atoms with Crippen LogP contribution in [0.15, 0.2) is 12.2 Å². The van der Waals surface area contributed by atoms with Gasteiger partial charge < -0.3 is 4.74 Å². The lowest BCUT2D eigenvalue weighted by Crippen LogP contribution is -2.84. The van der Waals surface area contributed by atoms with Gasteiger partial charge in [-0.15, -0.1) is 0 Å². The second kappa shape index (κ2) is 9.95. The topological polar surface area (TPSA) is 26.3 Å². The molecule has 0 aliphatic heterocycles. The van der Waals surface area contributed by atoms with Crippen molar-refractivity contribution >= 4 is 5.97 Å². The molecule has 1 rings (SSSR count). The van der Waals surface area contributed by atoms with Crippen molar-refractivity contribution in [3.63, 3.8) is 0 Å². The Bertz CT molecular complexity index is 1220. The summed E-state index contributed by atoms with van der Waals surface area (Å²) in [6.07, 6.45) is -7.86. The van der Waals surface area contributed by atoms with Gasteiger partial charge in [0, 0.05) is 5.57 Å². The molecule has 0 radical (unpaired) electrons. The molecule has 2 nitrogen and oxygen atoms in total. The average molecular weight is 766 g/mol. The fourth-order valence-electron chi connectivity index (χ4n) is 3.27. The van der Waals surface area contributed by atoms with E-state index in [0.717, 1.165) is 0 Å². The Kier molecular flexibility index (Phi) is 8.96. The van der Waals surface area contributed by atoms with Gasteiger partial charge in [0.05, 0.1) is 0 Å². The highest BCUT2D eigenvalue weighted by molar-refractivity contribution is 5.87. The van der Waals surface area contributed by atoms with E-state index in [1.807, 2.05) is 0 Å². The summed E-state index contributed by atoms with van der Waals surface area (Å²) in [5.74, 6) is -120. The Hall–Kier alpha value is -2.68. The largest absolute Gasteiger partial charge is 0.473 e. The lowest BCUT2D eigenvalue weighted by molar-refractivity contribution is -0.488. The van der Waals surface area contributed by atoms with Gasteiger partial charge in [-0.05, 0) is 6.92 Å². The van der Waals surface area contributed by atoms with Gasteiger partial charge in [-0.25, -0.2) is 9.18 Å². The summed E-state index contributed by atoms with van der Waals surface area (Å²) in [4.78, 5) is 10.9. The summed E-state index contributed by atoms with van der Waals surface area (Å²) in [5.41, 5.74) is -12.3. The SMILES string of the molecule is C=C(C)C(=O)OC(F)(F)C(F)(F)C(F)(F)C(F)(F)C(F)(F)C1(F)C(F)(F)C(F)(F)C(F)(F)C(F)(F)C(F)(F)C(F)(F)C(F)(F)C1(F)F. The molecule has 1 fully saturated rings. The third-order valence-corrected chi connectivity index (χ3v) is 6.18. The fraction of sp³-hybridized carbons (Fsp3) is 0.833. The first-order valence-corrected chi connectivity index (χ1v) is 10.3. The zero-order chi connectivity index (χ0) is 38.9. The number of rotatable bonds is 7. The number of carbonyl (C=O) groups is 1. The maximum Gasteiger partial charge on any atom is 0.473 e. The van der Waals surface area contributed by atoms with E-state index in [9.17, 15) is 119 Å². The molecule has 29 heteroatoms. The summed E-state index contributed by atoms with van der Waals surface area (Å²) >= 11 is 0. The highest BCUT2D eigenvalue weighted by Crippen LogP contribution is 2.74. The van der Waals surface area contributed by atoms with Crippen molar-refractivity contribution < 1.29 is 128 Å². The number of alkyl halides is 27. The second-order valence-corrected chi connectivity index (χ2v) is 9.24. The molecule has 0 amide bonds. The first-order chi connectivity index (χ1) is 19.8. The standard InChI is InChI=1S/C18H5F27O2/c1-3(2)4(46)47-18(44,45)17(42,43)16(40,41)11(30,31)8(24,25)5(19)6(20,21)9(26,27)12(32,33)14(36,37)15(38,39)13(34,35)10(28,29)7(5,22)23/h1H2,2H3. The minimum absolute atomic E-state index is 0.116. The van der Waals surface area contributed by atoms with Gasteiger partial charge in [0.25, 0.3) is 0 Å². The zero-order valence-electron chi connectivity index (χ0n) is 20.7. The first-order valence-electron chi connectivity index (χ1n) is 10.3. The minimum Gasteiger partial charge on any atom is -0.393 e. The number of carbonyl (C=O) groups excluding carboxylic acids is 1. The lowest BCUT2D eigenvalue weighted by Gasteiger charge is -2.50. The highest BCUT2D eigenvalue weighted by atomic mass is 19.4. The Morgan fingerprint density at radius 2 is 0.681 bits per heavy atom. The molecular weight excluding hydrogens is 761 g/mol. The molecule has 1 aliphatic carbocycles.